The summed E-state index contributed by atoms with van der Waals surface area (Å²) in [5, 5.41) is 2.58. The summed E-state index contributed by atoms with van der Waals surface area (Å²) in [6, 6.07) is 3.21. The Balaban J connectivity index is 2.06. The van der Waals surface area contributed by atoms with Crippen molar-refractivity contribution in [3.63, 3.8) is 0 Å². The molecule has 0 spiro atoms. The topological polar surface area (TPSA) is 49.4 Å². The van der Waals surface area contributed by atoms with Crippen molar-refractivity contribution in [2.45, 2.75) is 31.6 Å². The van der Waals surface area contributed by atoms with Crippen molar-refractivity contribution in [3.8, 4) is 0 Å². The summed E-state index contributed by atoms with van der Waals surface area (Å²) >= 11 is 2.94. The van der Waals surface area contributed by atoms with E-state index in [9.17, 15) is 22.8 Å². The average molecular weight is 379 g/mol. The van der Waals surface area contributed by atoms with Gasteiger partial charge in [0.1, 0.15) is 6.04 Å². The fraction of sp³-hybridized carbons (Fsp3) is 0.429. The lowest BCUT2D eigenvalue weighted by Gasteiger charge is -2.19. The van der Waals surface area contributed by atoms with E-state index in [0.29, 0.717) is 18.4 Å². The summed E-state index contributed by atoms with van der Waals surface area (Å²) in [4.78, 5) is 24.8. The van der Waals surface area contributed by atoms with Gasteiger partial charge in [-0.2, -0.15) is 13.2 Å². The minimum atomic E-state index is -4.46. The van der Waals surface area contributed by atoms with Crippen LogP contribution in [0.3, 0.4) is 0 Å². The highest BCUT2D eigenvalue weighted by Gasteiger charge is 2.35. The van der Waals surface area contributed by atoms with E-state index >= 15 is 0 Å². The van der Waals surface area contributed by atoms with Crippen LogP contribution in [0.4, 0.5) is 13.2 Å². The normalized spacial score (nSPS) is 18.7. The molecule has 0 aromatic heterocycles. The molecule has 1 atom stereocenters. The number of amides is 2. The molecule has 22 heavy (non-hydrogen) atoms. The third-order valence-corrected chi connectivity index (χ3v) is 4.57. The maximum atomic E-state index is 12.8. The van der Waals surface area contributed by atoms with E-state index in [1.54, 1.807) is 7.05 Å². The number of hydrogen-bond acceptors (Lipinski definition) is 2. The molecule has 0 saturated carbocycles. The van der Waals surface area contributed by atoms with E-state index in [1.165, 1.54) is 17.0 Å². The van der Waals surface area contributed by atoms with Gasteiger partial charge >= 0.3 is 6.18 Å². The summed E-state index contributed by atoms with van der Waals surface area (Å²) < 4.78 is 38.3. The first-order chi connectivity index (χ1) is 10.2. The molecule has 0 aliphatic carbocycles. The second kappa shape index (κ2) is 6.28. The van der Waals surface area contributed by atoms with Crippen LogP contribution in [0.25, 0.3) is 0 Å². The van der Waals surface area contributed by atoms with Gasteiger partial charge in [0.05, 0.1) is 5.56 Å². The van der Waals surface area contributed by atoms with Gasteiger partial charge in [-0.3, -0.25) is 9.59 Å². The molecule has 0 unspecified atom stereocenters. The van der Waals surface area contributed by atoms with E-state index in [2.05, 4.69) is 21.2 Å². The Hall–Kier alpha value is -1.57. The van der Waals surface area contributed by atoms with E-state index < -0.39 is 17.8 Å². The van der Waals surface area contributed by atoms with E-state index in [1.807, 2.05) is 0 Å². The quantitative estimate of drug-likeness (QED) is 0.878. The molecule has 1 N–H and O–H groups in total. The average Bonchev–Trinajstić information content (AvgIpc) is 2.76. The smallest absolute Gasteiger partial charge is 0.350 e. The summed E-state index contributed by atoms with van der Waals surface area (Å²) in [5.41, 5.74) is -0.456. The number of halogens is 4. The molecule has 1 heterocycles. The molecule has 1 saturated heterocycles. The van der Waals surface area contributed by atoms with Crippen molar-refractivity contribution in [2.24, 2.45) is 0 Å². The van der Waals surface area contributed by atoms with Crippen molar-refractivity contribution in [1.29, 1.82) is 0 Å². The van der Waals surface area contributed by atoms with Crippen LogP contribution >= 0.6 is 15.9 Å². The Labute approximate surface area is 133 Å². The number of carbonyl (C=O) groups excluding carboxylic acids is 2. The van der Waals surface area contributed by atoms with Gasteiger partial charge in [-0.05, 0) is 34.0 Å². The van der Waals surface area contributed by atoms with Crippen LogP contribution in [-0.2, 0) is 22.3 Å². The van der Waals surface area contributed by atoms with Crippen molar-refractivity contribution >= 4 is 27.7 Å². The van der Waals surface area contributed by atoms with Crippen LogP contribution in [0, 0.1) is 0 Å². The zero-order valence-corrected chi connectivity index (χ0v) is 13.3. The largest absolute Gasteiger partial charge is 0.417 e. The van der Waals surface area contributed by atoms with Crippen LogP contribution in [-0.4, -0.2) is 29.8 Å². The van der Waals surface area contributed by atoms with Gasteiger partial charge in [-0.15, -0.1) is 0 Å². The lowest BCUT2D eigenvalue weighted by molar-refractivity contribution is -0.138. The summed E-state index contributed by atoms with van der Waals surface area (Å²) in [5.74, 6) is -0.474. The first-order valence-corrected chi connectivity index (χ1v) is 7.39. The number of nitrogens with zero attached hydrogens (tertiary/aromatic N) is 1. The monoisotopic (exact) mass is 378 g/mol. The minimum Gasteiger partial charge on any atom is -0.350 e. The maximum absolute atomic E-state index is 12.8. The number of likely N-dealkylation sites (N-methyl/N-ethyl adjacent to an activating group) is 1. The maximum Gasteiger partial charge on any atom is 0.417 e. The fourth-order valence-electron chi connectivity index (χ4n) is 2.35. The molecular formula is C14H14BrF3N2O2. The fourth-order valence-corrected chi connectivity index (χ4v) is 2.98. The van der Waals surface area contributed by atoms with Crippen LogP contribution in [0.1, 0.15) is 24.0 Å². The van der Waals surface area contributed by atoms with Gasteiger partial charge in [-0.1, -0.05) is 12.1 Å². The van der Waals surface area contributed by atoms with Crippen LogP contribution < -0.4 is 5.32 Å². The van der Waals surface area contributed by atoms with Gasteiger partial charge in [0.15, 0.2) is 0 Å². The highest BCUT2D eigenvalue weighted by atomic mass is 79.9. The first-order valence-electron chi connectivity index (χ1n) is 6.59. The number of rotatable bonds is 3. The lowest BCUT2D eigenvalue weighted by atomic mass is 10.1. The highest BCUT2D eigenvalue weighted by molar-refractivity contribution is 9.10. The third kappa shape index (κ3) is 3.43. The van der Waals surface area contributed by atoms with Crippen LogP contribution in [0.15, 0.2) is 22.7 Å². The lowest BCUT2D eigenvalue weighted by Crippen LogP contribution is -2.42. The Bertz CT molecular complexity index is 604. The molecule has 0 bridgehead atoms. The molecule has 2 rings (SSSR count). The summed E-state index contributed by atoms with van der Waals surface area (Å²) in [6.45, 7) is -0.0398. The highest BCUT2D eigenvalue weighted by Crippen LogP contribution is 2.36. The van der Waals surface area contributed by atoms with Crippen molar-refractivity contribution in [3.05, 3.63) is 33.8 Å². The Kier molecular flexibility index (Phi) is 4.79. The predicted molar refractivity (Wildman–Crippen MR) is 76.8 cm³/mol. The van der Waals surface area contributed by atoms with Gasteiger partial charge in [0.25, 0.3) is 0 Å². The minimum absolute atomic E-state index is 0.0398. The molecule has 2 amide bonds. The second-order valence-electron chi connectivity index (χ2n) is 5.05. The van der Waals surface area contributed by atoms with Crippen molar-refractivity contribution in [1.82, 2.24) is 10.2 Å². The van der Waals surface area contributed by atoms with Gasteiger partial charge < -0.3 is 10.2 Å². The molecule has 1 aliphatic heterocycles. The molecule has 1 fully saturated rings. The first kappa shape index (κ1) is 16.8. The summed E-state index contributed by atoms with van der Waals surface area (Å²) in [7, 11) is 1.54. The third-order valence-electron chi connectivity index (χ3n) is 3.63. The molecular weight excluding hydrogens is 365 g/mol. The number of hydrogen-bond donors (Lipinski definition) is 1. The molecule has 120 valence electrons. The van der Waals surface area contributed by atoms with E-state index in [-0.39, 0.29) is 22.8 Å². The van der Waals surface area contributed by atoms with E-state index in [4.69, 9.17) is 0 Å². The second-order valence-corrected chi connectivity index (χ2v) is 5.85. The van der Waals surface area contributed by atoms with Crippen LogP contribution in [0.2, 0.25) is 0 Å². The number of nitrogens with one attached hydrogen (secondary N) is 1. The molecule has 8 heteroatoms. The number of likely N-dealkylation sites (tertiary alicyclic amines) is 1. The predicted octanol–water partition coefficient (Wildman–Crippen LogP) is 2.70. The standard InChI is InChI=1S/C14H14BrF3N2O2/c1-20-10(5-6-11(20)21)13(22)19-7-8-3-2-4-9(12(8)15)14(16,17)18/h2-4,10H,5-7H2,1H3,(H,19,22)/t10-/m0/s1. The molecule has 1 aliphatic rings. The van der Waals surface area contributed by atoms with Gasteiger partial charge in [0.2, 0.25) is 11.8 Å². The molecule has 1 aromatic rings. The molecule has 4 nitrogen and oxygen atoms in total. The van der Waals surface area contributed by atoms with E-state index in [0.717, 1.165) is 6.07 Å². The number of carbonyl (C=O) groups is 2. The van der Waals surface area contributed by atoms with Crippen LogP contribution in [0.5, 0.6) is 0 Å². The SMILES string of the molecule is CN1C(=O)CC[C@H]1C(=O)NCc1cccc(C(F)(F)F)c1Br. The molecule has 0 radical (unpaired) electrons. The summed E-state index contributed by atoms with van der Waals surface area (Å²) in [6.07, 6.45) is -3.73. The Morgan fingerprint density at radius 3 is 2.68 bits per heavy atom. The zero-order chi connectivity index (χ0) is 16.5. The van der Waals surface area contributed by atoms with Gasteiger partial charge in [0, 0.05) is 24.5 Å². The van der Waals surface area contributed by atoms with Gasteiger partial charge in [-0.25, -0.2) is 0 Å². The Morgan fingerprint density at radius 1 is 1.45 bits per heavy atom. The number of benzene rings is 1. The van der Waals surface area contributed by atoms with Crippen molar-refractivity contribution in [2.75, 3.05) is 7.05 Å². The molecule has 1 aromatic carbocycles. The Morgan fingerprint density at radius 2 is 2.14 bits per heavy atom. The van der Waals surface area contributed by atoms with Crippen molar-refractivity contribution < 1.29 is 22.8 Å². The number of alkyl halides is 3. The zero-order valence-electron chi connectivity index (χ0n) is 11.7.